The molecule has 0 fully saturated rings. The van der Waals surface area contributed by atoms with Gasteiger partial charge in [0.05, 0.1) is 18.8 Å². The van der Waals surface area contributed by atoms with Crippen LogP contribution in [-0.4, -0.2) is 34.4 Å². The summed E-state index contributed by atoms with van der Waals surface area (Å²) in [5.41, 5.74) is 1.58. The Kier molecular flexibility index (Phi) is 4.95. The van der Waals surface area contributed by atoms with Crippen LogP contribution in [0.4, 0.5) is 0 Å². The summed E-state index contributed by atoms with van der Waals surface area (Å²) in [6.07, 6.45) is 1.49. The lowest BCUT2D eigenvalue weighted by Gasteiger charge is -2.07. The number of hydrogen-bond acceptors (Lipinski definition) is 5. The van der Waals surface area contributed by atoms with Crippen LogP contribution in [0.5, 0.6) is 0 Å². The Morgan fingerprint density at radius 2 is 2.47 bits per heavy atom. The first-order valence-electron chi connectivity index (χ1n) is 4.03. The molecule has 1 aromatic heterocycles. The zero-order valence-electron chi connectivity index (χ0n) is 7.90. The molecule has 1 N–H and O–H groups in total. The smallest absolute Gasteiger partial charge is 0.320 e. The van der Waals surface area contributed by atoms with Gasteiger partial charge in [-0.2, -0.15) is 0 Å². The summed E-state index contributed by atoms with van der Waals surface area (Å²) in [6.45, 7) is 0.254. The number of thiazole rings is 1. The fourth-order valence-corrected chi connectivity index (χ4v) is 1.82. The van der Waals surface area contributed by atoms with Crippen molar-refractivity contribution in [1.29, 1.82) is 0 Å². The molecule has 1 atom stereocenters. The van der Waals surface area contributed by atoms with Gasteiger partial charge in [0.2, 0.25) is 0 Å². The summed E-state index contributed by atoms with van der Waals surface area (Å²) in [7, 11) is 1.32. The second-order valence-corrected chi connectivity index (χ2v) is 4.96. The maximum absolute atomic E-state index is 11.4. The van der Waals surface area contributed by atoms with E-state index in [1.165, 1.54) is 24.6 Å². The number of carbonyl (C=O) groups is 2. The number of rotatable bonds is 4. The van der Waals surface area contributed by atoms with Gasteiger partial charge in [-0.1, -0.05) is 22.6 Å². The minimum Gasteiger partial charge on any atom is -0.468 e. The first kappa shape index (κ1) is 12.4. The van der Waals surface area contributed by atoms with Gasteiger partial charge in [0.1, 0.15) is 8.80 Å². The van der Waals surface area contributed by atoms with E-state index in [0.29, 0.717) is 4.88 Å². The molecule has 0 bridgehead atoms. The number of ether oxygens (including phenoxy) is 1. The third-order valence-corrected chi connectivity index (χ3v) is 3.28. The number of aromatic nitrogens is 1. The molecule has 0 spiro atoms. The highest BCUT2D eigenvalue weighted by atomic mass is 127. The van der Waals surface area contributed by atoms with Crippen LogP contribution in [0.2, 0.25) is 0 Å². The molecule has 7 heteroatoms. The lowest BCUT2D eigenvalue weighted by Crippen LogP contribution is -2.33. The van der Waals surface area contributed by atoms with Gasteiger partial charge in [-0.15, -0.1) is 11.3 Å². The second-order valence-electron chi connectivity index (χ2n) is 2.57. The van der Waals surface area contributed by atoms with Crippen molar-refractivity contribution in [1.82, 2.24) is 10.3 Å². The average molecular weight is 340 g/mol. The SMILES string of the molecule is COC(=O)C(I)CNC(=O)c1cncs1. The molecule has 1 aromatic rings. The quantitative estimate of drug-likeness (QED) is 0.501. The van der Waals surface area contributed by atoms with Gasteiger partial charge in [-0.05, 0) is 0 Å². The Bertz CT molecular complexity index is 342. The van der Waals surface area contributed by atoms with Crippen molar-refractivity contribution in [3.63, 3.8) is 0 Å². The van der Waals surface area contributed by atoms with Crippen molar-refractivity contribution in [3.05, 3.63) is 16.6 Å². The zero-order valence-corrected chi connectivity index (χ0v) is 10.9. The molecule has 0 saturated carbocycles. The number of carbonyl (C=O) groups excluding carboxylic acids is 2. The molecule has 1 amide bonds. The standard InChI is InChI=1S/C8H9IN2O3S/c1-14-8(13)5(9)2-11-7(12)6-3-10-4-15-6/h3-5H,2H2,1H3,(H,11,12). The average Bonchev–Trinajstić information content (AvgIpc) is 2.77. The van der Waals surface area contributed by atoms with Gasteiger partial charge in [0, 0.05) is 6.54 Å². The molecule has 0 radical (unpaired) electrons. The van der Waals surface area contributed by atoms with E-state index in [9.17, 15) is 9.59 Å². The number of esters is 1. The Hall–Kier alpha value is -0.700. The number of halogens is 1. The van der Waals surface area contributed by atoms with E-state index in [2.05, 4.69) is 15.0 Å². The highest BCUT2D eigenvalue weighted by Gasteiger charge is 2.16. The Labute approximate surface area is 104 Å². The van der Waals surface area contributed by atoms with Crippen LogP contribution in [0.25, 0.3) is 0 Å². The normalized spacial score (nSPS) is 11.9. The van der Waals surface area contributed by atoms with E-state index in [1.807, 2.05) is 22.6 Å². The van der Waals surface area contributed by atoms with Crippen molar-refractivity contribution in [2.45, 2.75) is 3.92 Å². The van der Waals surface area contributed by atoms with Gasteiger partial charge in [-0.25, -0.2) is 0 Å². The van der Waals surface area contributed by atoms with Crippen molar-refractivity contribution in [3.8, 4) is 0 Å². The molecule has 0 aromatic carbocycles. The summed E-state index contributed by atoms with van der Waals surface area (Å²) in [4.78, 5) is 26.8. The first-order chi connectivity index (χ1) is 7.15. The second kappa shape index (κ2) is 6.01. The van der Waals surface area contributed by atoms with E-state index < -0.39 is 0 Å². The molecule has 1 unspecified atom stereocenters. The predicted molar refractivity (Wildman–Crippen MR) is 64.3 cm³/mol. The highest BCUT2D eigenvalue weighted by molar-refractivity contribution is 14.1. The minimum absolute atomic E-state index is 0.219. The lowest BCUT2D eigenvalue weighted by molar-refractivity contribution is -0.139. The predicted octanol–water partition coefficient (Wildman–Crippen LogP) is 0.849. The minimum atomic E-state index is -0.371. The number of amides is 1. The van der Waals surface area contributed by atoms with E-state index in [4.69, 9.17) is 0 Å². The topological polar surface area (TPSA) is 68.3 Å². The van der Waals surface area contributed by atoms with Crippen molar-refractivity contribution in [2.75, 3.05) is 13.7 Å². The molecule has 1 heterocycles. The number of nitrogens with one attached hydrogen (secondary N) is 1. The maximum atomic E-state index is 11.4. The lowest BCUT2D eigenvalue weighted by atomic mass is 10.4. The van der Waals surface area contributed by atoms with E-state index in [-0.39, 0.29) is 22.3 Å². The van der Waals surface area contributed by atoms with Gasteiger partial charge in [-0.3, -0.25) is 14.6 Å². The number of nitrogens with zero attached hydrogens (tertiary/aromatic N) is 1. The highest BCUT2D eigenvalue weighted by Crippen LogP contribution is 2.06. The third kappa shape index (κ3) is 3.74. The number of methoxy groups -OCH3 is 1. The number of alkyl halides is 1. The molecule has 0 aliphatic heterocycles. The summed E-state index contributed by atoms with van der Waals surface area (Å²) in [5.74, 6) is -0.566. The van der Waals surface area contributed by atoms with E-state index in [1.54, 1.807) is 5.51 Å². The van der Waals surface area contributed by atoms with Crippen LogP contribution < -0.4 is 5.32 Å². The molecule has 15 heavy (non-hydrogen) atoms. The maximum Gasteiger partial charge on any atom is 0.320 e. The third-order valence-electron chi connectivity index (χ3n) is 1.55. The molecule has 5 nitrogen and oxygen atoms in total. The van der Waals surface area contributed by atoms with Crippen LogP contribution >= 0.6 is 33.9 Å². The summed E-state index contributed by atoms with van der Waals surface area (Å²) in [6, 6.07) is 0. The van der Waals surface area contributed by atoms with Crippen molar-refractivity contribution >= 4 is 45.8 Å². The van der Waals surface area contributed by atoms with Crippen LogP contribution in [0.3, 0.4) is 0 Å². The van der Waals surface area contributed by atoms with E-state index in [0.717, 1.165) is 0 Å². The summed E-state index contributed by atoms with van der Waals surface area (Å²) < 4.78 is 4.16. The molecule has 82 valence electrons. The van der Waals surface area contributed by atoms with Crippen LogP contribution in [0.15, 0.2) is 11.7 Å². The fraction of sp³-hybridized carbons (Fsp3) is 0.375. The van der Waals surface area contributed by atoms with Crippen LogP contribution in [0.1, 0.15) is 9.67 Å². The van der Waals surface area contributed by atoms with E-state index >= 15 is 0 Å². The molecule has 0 aliphatic rings. The van der Waals surface area contributed by atoms with Gasteiger partial charge >= 0.3 is 5.97 Å². The van der Waals surface area contributed by atoms with Gasteiger partial charge < -0.3 is 10.1 Å². The van der Waals surface area contributed by atoms with Gasteiger partial charge in [0.25, 0.3) is 5.91 Å². The summed E-state index contributed by atoms with van der Waals surface area (Å²) in [5, 5.41) is 2.62. The molecule has 1 rings (SSSR count). The van der Waals surface area contributed by atoms with Crippen molar-refractivity contribution < 1.29 is 14.3 Å². The first-order valence-corrected chi connectivity index (χ1v) is 6.16. The largest absolute Gasteiger partial charge is 0.468 e. The Balaban J connectivity index is 2.38. The van der Waals surface area contributed by atoms with Crippen LogP contribution in [0, 0.1) is 0 Å². The van der Waals surface area contributed by atoms with Gasteiger partial charge in [0.15, 0.2) is 0 Å². The van der Waals surface area contributed by atoms with Crippen LogP contribution in [-0.2, 0) is 9.53 Å². The molecule has 0 saturated heterocycles. The Morgan fingerprint density at radius 3 is 3.00 bits per heavy atom. The Morgan fingerprint density at radius 1 is 1.73 bits per heavy atom. The van der Waals surface area contributed by atoms with Crippen molar-refractivity contribution in [2.24, 2.45) is 0 Å². The summed E-state index contributed by atoms with van der Waals surface area (Å²) >= 11 is 3.17. The molecular weight excluding hydrogens is 331 g/mol. The molecule has 0 aliphatic carbocycles. The zero-order chi connectivity index (χ0) is 11.3. The fourth-order valence-electron chi connectivity index (χ4n) is 0.809. The monoisotopic (exact) mass is 340 g/mol. The number of hydrogen-bond donors (Lipinski definition) is 1. The molecular formula is C8H9IN2O3S.